The van der Waals surface area contributed by atoms with Crippen LogP contribution in [0.2, 0.25) is 0 Å². The third-order valence-corrected chi connectivity index (χ3v) is 5.45. The van der Waals surface area contributed by atoms with Gasteiger partial charge in [-0.05, 0) is 49.3 Å². The maximum atomic E-state index is 5.85. The fraction of sp³-hybridized carbons (Fsp3) is 0.0833. The van der Waals surface area contributed by atoms with E-state index in [0.717, 1.165) is 33.6 Å². The summed E-state index contributed by atoms with van der Waals surface area (Å²) < 4.78 is 0.546. The number of anilines is 3. The van der Waals surface area contributed by atoms with Crippen molar-refractivity contribution >= 4 is 74.6 Å². The van der Waals surface area contributed by atoms with Crippen molar-refractivity contribution in [2.45, 2.75) is 13.8 Å². The molecule has 3 rings (SSSR count). The van der Waals surface area contributed by atoms with Gasteiger partial charge in [-0.1, -0.05) is 101 Å². The zero-order valence-electron chi connectivity index (χ0n) is 16.6. The highest BCUT2D eigenvalue weighted by atomic mass is 35.5. The maximum Gasteiger partial charge on any atom is 0.110 e. The average molecular weight is 480 g/mol. The van der Waals surface area contributed by atoms with Crippen LogP contribution in [-0.4, -0.2) is 0 Å². The number of hydrogen-bond donors (Lipinski definition) is 2. The number of benzene rings is 3. The van der Waals surface area contributed by atoms with Crippen LogP contribution in [0.4, 0.5) is 17.1 Å². The summed E-state index contributed by atoms with van der Waals surface area (Å²) >= 11 is 23.0. The van der Waals surface area contributed by atoms with Crippen molar-refractivity contribution < 1.29 is 0 Å². The Morgan fingerprint density at radius 3 is 1.67 bits per heavy atom. The Kier molecular flexibility index (Phi) is 9.61. The Labute approximate surface area is 197 Å². The average Bonchev–Trinajstić information content (AvgIpc) is 2.74. The molecular weight excluding hydrogens is 458 g/mol. The van der Waals surface area contributed by atoms with Gasteiger partial charge in [-0.25, -0.2) is 0 Å². The first kappa shape index (κ1) is 24.2. The zero-order valence-corrected chi connectivity index (χ0v) is 19.6. The van der Waals surface area contributed by atoms with E-state index in [1.54, 1.807) is 0 Å². The van der Waals surface area contributed by atoms with Gasteiger partial charge >= 0.3 is 0 Å². The van der Waals surface area contributed by atoms with Crippen molar-refractivity contribution in [3.05, 3.63) is 99.0 Å². The van der Waals surface area contributed by atoms with Gasteiger partial charge in [0, 0.05) is 28.2 Å². The lowest BCUT2D eigenvalue weighted by molar-refractivity contribution is 1.50. The van der Waals surface area contributed by atoms with Crippen molar-refractivity contribution in [2.75, 3.05) is 11.1 Å². The minimum absolute atomic E-state index is 0.257. The second-order valence-corrected chi connectivity index (χ2v) is 8.29. The summed E-state index contributed by atoms with van der Waals surface area (Å²) in [6.07, 6.45) is 0. The fourth-order valence-electron chi connectivity index (χ4n) is 2.64. The van der Waals surface area contributed by atoms with Crippen LogP contribution in [0.1, 0.15) is 25.0 Å². The molecular formula is C24H22Cl4N2. The summed E-state index contributed by atoms with van der Waals surface area (Å²) in [5.41, 5.74) is 12.0. The van der Waals surface area contributed by atoms with E-state index in [1.807, 2.05) is 92.7 Å². The molecule has 0 aliphatic carbocycles. The number of rotatable bonds is 4. The molecule has 0 atom stereocenters. The van der Waals surface area contributed by atoms with Crippen molar-refractivity contribution in [3.8, 4) is 0 Å². The summed E-state index contributed by atoms with van der Waals surface area (Å²) in [4.78, 5) is 0. The molecule has 0 unspecified atom stereocenters. The zero-order chi connectivity index (χ0) is 22.1. The van der Waals surface area contributed by atoms with Crippen LogP contribution in [0.3, 0.4) is 0 Å². The van der Waals surface area contributed by atoms with Gasteiger partial charge in [0.1, 0.15) is 8.98 Å². The molecule has 3 aromatic rings. The van der Waals surface area contributed by atoms with Gasteiger partial charge in [0.2, 0.25) is 0 Å². The molecule has 0 aromatic heterocycles. The topological polar surface area (TPSA) is 38.0 Å². The molecule has 30 heavy (non-hydrogen) atoms. The highest BCUT2D eigenvalue weighted by Crippen LogP contribution is 2.31. The standard InChI is InChI=1S/C15H13Cl2N.C9H9Cl2N/c1-11(15(16)17)13-9-5-6-10-14(13)18-12-7-3-2-4-8-12;1-6(9(10)11)7-4-2-3-5-8(7)12/h2-10,18H,1H3;2-5H,12H2,1H3. The lowest BCUT2D eigenvalue weighted by Gasteiger charge is -2.12. The van der Waals surface area contributed by atoms with Gasteiger partial charge < -0.3 is 11.1 Å². The van der Waals surface area contributed by atoms with Crippen LogP contribution in [0.5, 0.6) is 0 Å². The van der Waals surface area contributed by atoms with Crippen LogP contribution in [0.15, 0.2) is 87.8 Å². The van der Waals surface area contributed by atoms with Gasteiger partial charge in [-0.3, -0.25) is 0 Å². The second kappa shape index (κ2) is 11.9. The van der Waals surface area contributed by atoms with Crippen molar-refractivity contribution in [1.82, 2.24) is 0 Å². The predicted octanol–water partition coefficient (Wildman–Crippen LogP) is 9.03. The molecule has 3 N–H and O–H groups in total. The van der Waals surface area contributed by atoms with Crippen LogP contribution >= 0.6 is 46.4 Å². The summed E-state index contributed by atoms with van der Waals surface area (Å²) in [5.74, 6) is 0. The molecule has 0 saturated heterocycles. The van der Waals surface area contributed by atoms with Crippen LogP contribution < -0.4 is 11.1 Å². The Hall–Kier alpha value is -2.10. The smallest absolute Gasteiger partial charge is 0.110 e. The van der Waals surface area contributed by atoms with Gasteiger partial charge in [-0.15, -0.1) is 0 Å². The fourth-order valence-corrected chi connectivity index (χ4v) is 3.05. The minimum atomic E-state index is 0.257. The predicted molar refractivity (Wildman–Crippen MR) is 136 cm³/mol. The van der Waals surface area contributed by atoms with E-state index < -0.39 is 0 Å². The molecule has 0 heterocycles. The quantitative estimate of drug-likeness (QED) is 0.366. The first-order valence-corrected chi connectivity index (χ1v) is 10.6. The Balaban J connectivity index is 0.000000232. The maximum absolute atomic E-state index is 5.85. The molecule has 0 saturated carbocycles. The Bertz CT molecular complexity index is 1040. The third-order valence-electron chi connectivity index (χ3n) is 4.32. The van der Waals surface area contributed by atoms with Crippen molar-refractivity contribution in [1.29, 1.82) is 0 Å². The Morgan fingerprint density at radius 2 is 1.10 bits per heavy atom. The highest BCUT2D eigenvalue weighted by molar-refractivity contribution is 6.58. The Morgan fingerprint density at radius 1 is 0.633 bits per heavy atom. The number of nitrogens with two attached hydrogens (primary N) is 1. The van der Waals surface area contributed by atoms with Crippen LogP contribution in [0.25, 0.3) is 11.1 Å². The minimum Gasteiger partial charge on any atom is -0.398 e. The summed E-state index contributed by atoms with van der Waals surface area (Å²) in [7, 11) is 0. The number of nitrogens with one attached hydrogen (secondary N) is 1. The molecule has 0 aliphatic rings. The molecule has 3 aromatic carbocycles. The highest BCUT2D eigenvalue weighted by Gasteiger charge is 2.06. The summed E-state index contributed by atoms with van der Waals surface area (Å²) in [6, 6.07) is 25.4. The van der Waals surface area contributed by atoms with E-state index in [1.165, 1.54) is 0 Å². The summed E-state index contributed by atoms with van der Waals surface area (Å²) in [5, 5.41) is 3.36. The van der Waals surface area contributed by atoms with E-state index >= 15 is 0 Å². The van der Waals surface area contributed by atoms with Crippen molar-refractivity contribution in [3.63, 3.8) is 0 Å². The van der Waals surface area contributed by atoms with Gasteiger partial charge in [0.05, 0.1) is 0 Å². The molecule has 0 bridgehead atoms. The SMILES string of the molecule is CC(=C(Cl)Cl)c1ccccc1N.CC(=C(Cl)Cl)c1ccccc1Nc1ccccc1. The number of allylic oxidation sites excluding steroid dienone is 2. The molecule has 0 radical (unpaired) electrons. The van der Waals surface area contributed by atoms with Crippen molar-refractivity contribution in [2.24, 2.45) is 0 Å². The normalized spacial score (nSPS) is 9.80. The van der Waals surface area contributed by atoms with E-state index in [0.29, 0.717) is 5.69 Å². The van der Waals surface area contributed by atoms with Crippen LogP contribution in [-0.2, 0) is 0 Å². The third kappa shape index (κ3) is 7.00. The summed E-state index contributed by atoms with van der Waals surface area (Å²) in [6.45, 7) is 3.74. The first-order chi connectivity index (χ1) is 14.3. The monoisotopic (exact) mass is 478 g/mol. The second-order valence-electron chi connectivity index (χ2n) is 6.39. The van der Waals surface area contributed by atoms with Gasteiger partial charge in [-0.2, -0.15) is 0 Å². The molecule has 156 valence electrons. The molecule has 2 nitrogen and oxygen atoms in total. The molecule has 0 aliphatic heterocycles. The van der Waals surface area contributed by atoms with Gasteiger partial charge in [0.15, 0.2) is 0 Å². The lowest BCUT2D eigenvalue weighted by atomic mass is 10.1. The van der Waals surface area contributed by atoms with Crippen LogP contribution in [0, 0.1) is 0 Å². The number of hydrogen-bond acceptors (Lipinski definition) is 2. The van der Waals surface area contributed by atoms with E-state index in [-0.39, 0.29) is 8.98 Å². The number of halogens is 4. The largest absolute Gasteiger partial charge is 0.398 e. The molecule has 6 heteroatoms. The van der Waals surface area contributed by atoms with E-state index in [2.05, 4.69) is 5.32 Å². The molecule has 0 amide bonds. The van der Waals surface area contributed by atoms with E-state index in [4.69, 9.17) is 52.1 Å². The van der Waals surface area contributed by atoms with Gasteiger partial charge in [0.25, 0.3) is 0 Å². The lowest BCUT2D eigenvalue weighted by Crippen LogP contribution is -1.94. The van der Waals surface area contributed by atoms with E-state index in [9.17, 15) is 0 Å². The molecule has 0 fully saturated rings. The molecule has 0 spiro atoms. The number of nitrogen functional groups attached to an aromatic ring is 1. The first-order valence-electron chi connectivity index (χ1n) is 9.11. The number of para-hydroxylation sites is 3.